The Balaban J connectivity index is 1.53. The van der Waals surface area contributed by atoms with Gasteiger partial charge in [-0.2, -0.15) is 0 Å². The molecule has 27 heavy (non-hydrogen) atoms. The molecule has 0 aliphatic heterocycles. The number of hydrogen-bond acceptors (Lipinski definition) is 5. The first-order chi connectivity index (χ1) is 12.9. The van der Waals surface area contributed by atoms with E-state index in [0.717, 1.165) is 48.3 Å². The van der Waals surface area contributed by atoms with E-state index in [4.69, 9.17) is 0 Å². The summed E-state index contributed by atoms with van der Waals surface area (Å²) in [6, 6.07) is 2.00. The molecule has 1 N–H and O–H groups in total. The minimum atomic E-state index is -2.94. The molecule has 5 rings (SSSR count). The summed E-state index contributed by atoms with van der Waals surface area (Å²) in [6.45, 7) is 4.46. The molecule has 3 heterocycles. The van der Waals surface area contributed by atoms with Gasteiger partial charge in [-0.1, -0.05) is 13.8 Å². The molecule has 2 aliphatic rings. The molecule has 7 nitrogen and oxygen atoms in total. The summed E-state index contributed by atoms with van der Waals surface area (Å²) < 4.78 is 27.1. The van der Waals surface area contributed by atoms with E-state index in [-0.39, 0.29) is 17.1 Å². The SMILES string of the molecule is CC(C)[C@H]1C[C@H](CS(=O)(=O)C2CC2)C[C@@H]1c1nnc2cnc3[nH]ccc3n12. The Morgan fingerprint density at radius 3 is 2.81 bits per heavy atom. The number of hydrogen-bond donors (Lipinski definition) is 1. The number of fused-ring (bicyclic) bond motifs is 3. The lowest BCUT2D eigenvalue weighted by molar-refractivity contribution is 0.343. The van der Waals surface area contributed by atoms with E-state index in [9.17, 15) is 8.42 Å². The van der Waals surface area contributed by atoms with Gasteiger partial charge in [-0.15, -0.1) is 10.2 Å². The highest BCUT2D eigenvalue weighted by molar-refractivity contribution is 7.92. The van der Waals surface area contributed by atoms with Crippen LogP contribution in [0.3, 0.4) is 0 Å². The highest BCUT2D eigenvalue weighted by atomic mass is 32.2. The zero-order chi connectivity index (χ0) is 18.8. The van der Waals surface area contributed by atoms with Crippen molar-refractivity contribution in [1.29, 1.82) is 0 Å². The zero-order valence-electron chi connectivity index (χ0n) is 15.7. The van der Waals surface area contributed by atoms with Gasteiger partial charge in [0.05, 0.1) is 22.7 Å². The maximum atomic E-state index is 12.5. The normalized spacial score (nSPS) is 26.6. The largest absolute Gasteiger partial charge is 0.345 e. The smallest absolute Gasteiger partial charge is 0.179 e. The zero-order valence-corrected chi connectivity index (χ0v) is 16.5. The number of H-pyrrole nitrogens is 1. The summed E-state index contributed by atoms with van der Waals surface area (Å²) in [5, 5.41) is 8.80. The Labute approximate surface area is 158 Å². The van der Waals surface area contributed by atoms with Gasteiger partial charge in [-0.05, 0) is 49.5 Å². The first-order valence-electron chi connectivity index (χ1n) is 9.82. The van der Waals surface area contributed by atoms with E-state index < -0.39 is 9.84 Å². The lowest BCUT2D eigenvalue weighted by atomic mass is 9.85. The van der Waals surface area contributed by atoms with Crippen LogP contribution in [-0.2, 0) is 9.84 Å². The summed E-state index contributed by atoms with van der Waals surface area (Å²) in [6.07, 6.45) is 7.12. The molecular formula is C19H25N5O2S. The van der Waals surface area contributed by atoms with Gasteiger partial charge >= 0.3 is 0 Å². The van der Waals surface area contributed by atoms with E-state index in [2.05, 4.69) is 38.4 Å². The Bertz CT molecular complexity index is 1100. The van der Waals surface area contributed by atoms with Gasteiger partial charge in [0.15, 0.2) is 21.1 Å². The van der Waals surface area contributed by atoms with Crippen LogP contribution in [0.1, 0.15) is 51.3 Å². The Hall–Kier alpha value is -1.96. The van der Waals surface area contributed by atoms with Crippen LogP contribution in [0.15, 0.2) is 18.5 Å². The van der Waals surface area contributed by atoms with E-state index >= 15 is 0 Å². The lowest BCUT2D eigenvalue weighted by Gasteiger charge is -2.21. The average Bonchev–Trinajstić information content (AvgIpc) is 3.05. The van der Waals surface area contributed by atoms with Crippen molar-refractivity contribution >= 4 is 26.6 Å². The van der Waals surface area contributed by atoms with Gasteiger partial charge in [0.1, 0.15) is 5.82 Å². The van der Waals surface area contributed by atoms with Crippen LogP contribution < -0.4 is 0 Å². The number of aromatic nitrogens is 5. The minimum absolute atomic E-state index is 0.0754. The third-order valence-electron chi connectivity index (χ3n) is 6.36. The van der Waals surface area contributed by atoms with Crippen molar-refractivity contribution in [3.63, 3.8) is 0 Å². The van der Waals surface area contributed by atoms with Gasteiger partial charge in [0.2, 0.25) is 0 Å². The maximum absolute atomic E-state index is 12.5. The highest BCUT2D eigenvalue weighted by Crippen LogP contribution is 2.47. The van der Waals surface area contributed by atoms with Crippen molar-refractivity contribution in [2.24, 2.45) is 17.8 Å². The average molecular weight is 388 g/mol. The van der Waals surface area contributed by atoms with Crippen molar-refractivity contribution in [2.45, 2.75) is 50.7 Å². The second kappa shape index (κ2) is 6.02. The molecule has 2 fully saturated rings. The predicted molar refractivity (Wildman–Crippen MR) is 103 cm³/mol. The van der Waals surface area contributed by atoms with Crippen molar-refractivity contribution in [1.82, 2.24) is 24.6 Å². The molecule has 2 aliphatic carbocycles. The molecule has 0 unspecified atom stereocenters. The van der Waals surface area contributed by atoms with E-state index in [1.807, 2.05) is 12.3 Å². The van der Waals surface area contributed by atoms with Crippen molar-refractivity contribution < 1.29 is 8.42 Å². The number of nitrogens with zero attached hydrogens (tertiary/aromatic N) is 4. The van der Waals surface area contributed by atoms with Gasteiger partial charge in [0, 0.05) is 12.1 Å². The molecule has 0 spiro atoms. The van der Waals surface area contributed by atoms with Crippen LogP contribution in [0, 0.1) is 17.8 Å². The summed E-state index contributed by atoms with van der Waals surface area (Å²) in [5.74, 6) is 2.60. The highest BCUT2D eigenvalue weighted by Gasteiger charge is 2.44. The first kappa shape index (κ1) is 17.2. The van der Waals surface area contributed by atoms with Crippen molar-refractivity contribution in [2.75, 3.05) is 5.75 Å². The topological polar surface area (TPSA) is 93.0 Å². The second-order valence-electron chi connectivity index (χ2n) is 8.60. The van der Waals surface area contributed by atoms with Gasteiger partial charge < -0.3 is 4.98 Å². The number of rotatable bonds is 5. The van der Waals surface area contributed by atoms with E-state index in [1.54, 1.807) is 6.20 Å². The molecular weight excluding hydrogens is 362 g/mol. The third kappa shape index (κ3) is 2.85. The van der Waals surface area contributed by atoms with E-state index in [1.165, 1.54) is 0 Å². The van der Waals surface area contributed by atoms with E-state index in [0.29, 0.717) is 17.6 Å². The third-order valence-corrected chi connectivity index (χ3v) is 8.79. The first-order valence-corrected chi connectivity index (χ1v) is 11.5. The Morgan fingerprint density at radius 2 is 2.07 bits per heavy atom. The molecule has 8 heteroatoms. The molecule has 0 saturated heterocycles. The Morgan fingerprint density at radius 1 is 1.26 bits per heavy atom. The fourth-order valence-corrected chi connectivity index (χ4v) is 6.93. The summed E-state index contributed by atoms with van der Waals surface area (Å²) in [5.41, 5.74) is 2.54. The van der Waals surface area contributed by atoms with Crippen LogP contribution in [0.25, 0.3) is 16.8 Å². The molecule has 3 aromatic rings. The number of sulfone groups is 1. The van der Waals surface area contributed by atoms with Gasteiger partial charge in [0.25, 0.3) is 0 Å². The number of aromatic amines is 1. The number of nitrogens with one attached hydrogen (secondary N) is 1. The monoisotopic (exact) mass is 387 g/mol. The lowest BCUT2D eigenvalue weighted by Crippen LogP contribution is -2.18. The standard InChI is InChI=1S/C19H25N5O2S/c1-11(2)14-7-12(10-27(25,26)13-3-4-13)8-15(14)19-23-22-17-9-21-18-16(24(17)19)5-6-20-18/h5-6,9,11-15,20H,3-4,7-8,10H2,1-2H3/t12-,14+,15-/m0/s1. The molecule has 0 aromatic carbocycles. The molecule has 0 bridgehead atoms. The van der Waals surface area contributed by atoms with Crippen molar-refractivity contribution in [3.8, 4) is 0 Å². The summed E-state index contributed by atoms with van der Waals surface area (Å²) in [7, 11) is -2.94. The van der Waals surface area contributed by atoms with Crippen LogP contribution in [-0.4, -0.2) is 44.0 Å². The van der Waals surface area contributed by atoms with Crippen molar-refractivity contribution in [3.05, 3.63) is 24.3 Å². The quantitative estimate of drug-likeness (QED) is 0.726. The van der Waals surface area contributed by atoms with Gasteiger partial charge in [-0.3, -0.25) is 4.40 Å². The fourth-order valence-electron chi connectivity index (χ4n) is 4.88. The fraction of sp³-hybridized carbons (Fsp3) is 0.632. The van der Waals surface area contributed by atoms with Crippen LogP contribution in [0.5, 0.6) is 0 Å². The Kier molecular flexibility index (Phi) is 3.83. The minimum Gasteiger partial charge on any atom is -0.345 e. The van der Waals surface area contributed by atoms with Gasteiger partial charge in [-0.25, -0.2) is 13.4 Å². The van der Waals surface area contributed by atoms with Crippen LogP contribution in [0.2, 0.25) is 0 Å². The molecule has 144 valence electrons. The summed E-state index contributed by atoms with van der Waals surface area (Å²) >= 11 is 0. The second-order valence-corrected chi connectivity index (χ2v) is 10.9. The molecule has 2 saturated carbocycles. The molecule has 0 radical (unpaired) electrons. The van der Waals surface area contributed by atoms with Crippen LogP contribution in [0.4, 0.5) is 0 Å². The summed E-state index contributed by atoms with van der Waals surface area (Å²) in [4.78, 5) is 7.54. The maximum Gasteiger partial charge on any atom is 0.179 e. The van der Waals surface area contributed by atoms with Crippen LogP contribution >= 0.6 is 0 Å². The molecule has 3 atom stereocenters. The predicted octanol–water partition coefficient (Wildman–Crippen LogP) is 2.95. The molecule has 3 aromatic heterocycles. The molecule has 0 amide bonds.